The molecular formula is C16H16CoN8. The van der Waals surface area contributed by atoms with Crippen LogP contribution in [0.3, 0.4) is 0 Å². The smallest absolute Gasteiger partial charge is 0.0451 e. The Morgan fingerprint density at radius 2 is 0.280 bits per heavy atom. The van der Waals surface area contributed by atoms with Crippen LogP contribution in [0.2, 0.25) is 0 Å². The van der Waals surface area contributed by atoms with Gasteiger partial charge in [0.05, 0.1) is 0 Å². The first-order valence-corrected chi connectivity index (χ1v) is 6.80. The molecule has 0 aliphatic rings. The molecule has 0 aliphatic heterocycles. The van der Waals surface area contributed by atoms with E-state index in [0.717, 1.165) is 0 Å². The molecule has 0 amide bonds. The van der Waals surface area contributed by atoms with Gasteiger partial charge < -0.3 is 0 Å². The van der Waals surface area contributed by atoms with Gasteiger partial charge in [0, 0.05) is 116 Å². The Balaban J connectivity index is 0.000000303. The van der Waals surface area contributed by atoms with Crippen LogP contribution in [0.15, 0.2) is 99.1 Å². The summed E-state index contributed by atoms with van der Waals surface area (Å²) in [7, 11) is 0. The van der Waals surface area contributed by atoms with Crippen LogP contribution in [0, 0.1) is 0 Å². The maximum absolute atomic E-state index is 3.72. The Hall–Kier alpha value is -3.17. The van der Waals surface area contributed by atoms with Gasteiger partial charge in [0.2, 0.25) is 0 Å². The Bertz CT molecular complexity index is 442. The SMILES string of the molecule is [Co].c1cnccn1.c1cnccn1.c1cnccn1.c1cnccn1. The maximum atomic E-state index is 3.72. The van der Waals surface area contributed by atoms with Crippen molar-refractivity contribution in [2.75, 3.05) is 0 Å². The van der Waals surface area contributed by atoms with Crippen LogP contribution >= 0.6 is 0 Å². The summed E-state index contributed by atoms with van der Waals surface area (Å²) in [6, 6.07) is 0. The second-order valence-corrected chi connectivity index (χ2v) is 3.58. The fourth-order valence-electron chi connectivity index (χ4n) is 1.01. The molecule has 4 heterocycles. The second-order valence-electron chi connectivity index (χ2n) is 3.58. The number of hydrogen-bond acceptors (Lipinski definition) is 8. The van der Waals surface area contributed by atoms with Crippen molar-refractivity contribution < 1.29 is 16.8 Å². The van der Waals surface area contributed by atoms with Crippen LogP contribution in [0.5, 0.6) is 0 Å². The molecule has 0 saturated heterocycles. The van der Waals surface area contributed by atoms with Gasteiger partial charge in [-0.05, 0) is 0 Å². The molecule has 0 fully saturated rings. The monoisotopic (exact) mass is 379 g/mol. The molecule has 0 N–H and O–H groups in total. The van der Waals surface area contributed by atoms with Crippen molar-refractivity contribution in [3.8, 4) is 0 Å². The molecule has 0 aromatic carbocycles. The van der Waals surface area contributed by atoms with Crippen LogP contribution in [-0.4, -0.2) is 39.9 Å². The van der Waals surface area contributed by atoms with Crippen molar-refractivity contribution >= 4 is 0 Å². The van der Waals surface area contributed by atoms with E-state index in [1.54, 1.807) is 99.1 Å². The van der Waals surface area contributed by atoms with Crippen molar-refractivity contribution in [1.82, 2.24) is 39.9 Å². The van der Waals surface area contributed by atoms with Gasteiger partial charge in [0.1, 0.15) is 0 Å². The van der Waals surface area contributed by atoms with Crippen molar-refractivity contribution in [2.24, 2.45) is 0 Å². The minimum atomic E-state index is 0. The van der Waals surface area contributed by atoms with Crippen molar-refractivity contribution in [3.05, 3.63) is 99.1 Å². The van der Waals surface area contributed by atoms with Crippen molar-refractivity contribution in [1.29, 1.82) is 0 Å². The third-order valence-corrected chi connectivity index (χ3v) is 1.91. The third kappa shape index (κ3) is 17.0. The first-order valence-electron chi connectivity index (χ1n) is 6.80. The van der Waals surface area contributed by atoms with E-state index in [0.29, 0.717) is 0 Å². The molecule has 0 bridgehead atoms. The van der Waals surface area contributed by atoms with E-state index in [4.69, 9.17) is 0 Å². The molecule has 1 radical (unpaired) electrons. The zero-order chi connectivity index (χ0) is 17.0. The number of nitrogens with zero attached hydrogens (tertiary/aromatic N) is 8. The summed E-state index contributed by atoms with van der Waals surface area (Å²) in [6.45, 7) is 0. The van der Waals surface area contributed by atoms with Crippen LogP contribution < -0.4 is 0 Å². The average Bonchev–Trinajstić information content (AvgIpc) is 2.75. The van der Waals surface area contributed by atoms with Crippen molar-refractivity contribution in [2.45, 2.75) is 0 Å². The maximum Gasteiger partial charge on any atom is 0.0451 e. The molecule has 4 aromatic rings. The fraction of sp³-hybridized carbons (Fsp3) is 0. The zero-order valence-electron chi connectivity index (χ0n) is 13.1. The van der Waals surface area contributed by atoms with Crippen molar-refractivity contribution in [3.63, 3.8) is 0 Å². The van der Waals surface area contributed by atoms with E-state index < -0.39 is 0 Å². The van der Waals surface area contributed by atoms with Gasteiger partial charge in [-0.25, -0.2) is 0 Å². The van der Waals surface area contributed by atoms with Gasteiger partial charge >= 0.3 is 0 Å². The fourth-order valence-corrected chi connectivity index (χ4v) is 1.01. The summed E-state index contributed by atoms with van der Waals surface area (Å²) in [6.07, 6.45) is 26.2. The Labute approximate surface area is 156 Å². The van der Waals surface area contributed by atoms with E-state index in [-0.39, 0.29) is 16.8 Å². The van der Waals surface area contributed by atoms with Gasteiger partial charge in [-0.3, -0.25) is 39.9 Å². The predicted molar refractivity (Wildman–Crippen MR) is 88.1 cm³/mol. The second kappa shape index (κ2) is 18.9. The first kappa shape index (κ1) is 21.8. The third-order valence-electron chi connectivity index (χ3n) is 1.91. The van der Waals surface area contributed by atoms with Gasteiger partial charge in [0.25, 0.3) is 0 Å². The molecule has 25 heavy (non-hydrogen) atoms. The Kier molecular flexibility index (Phi) is 16.5. The van der Waals surface area contributed by atoms with E-state index in [1.807, 2.05) is 0 Å². The summed E-state index contributed by atoms with van der Waals surface area (Å²) in [5, 5.41) is 0. The van der Waals surface area contributed by atoms with Gasteiger partial charge in [0.15, 0.2) is 0 Å². The van der Waals surface area contributed by atoms with E-state index >= 15 is 0 Å². The molecule has 0 aliphatic carbocycles. The zero-order valence-corrected chi connectivity index (χ0v) is 14.2. The quantitative estimate of drug-likeness (QED) is 0.456. The van der Waals surface area contributed by atoms with Crippen LogP contribution in [0.1, 0.15) is 0 Å². The van der Waals surface area contributed by atoms with E-state index in [9.17, 15) is 0 Å². The molecule has 0 atom stereocenters. The molecule has 0 spiro atoms. The topological polar surface area (TPSA) is 103 Å². The predicted octanol–water partition coefficient (Wildman–Crippen LogP) is 1.90. The first-order chi connectivity index (χ1) is 12.0. The van der Waals surface area contributed by atoms with E-state index in [2.05, 4.69) is 39.9 Å². The average molecular weight is 379 g/mol. The number of hydrogen-bond donors (Lipinski definition) is 0. The minimum Gasteiger partial charge on any atom is -0.262 e. The minimum absolute atomic E-state index is 0. The Morgan fingerprint density at radius 3 is 0.320 bits per heavy atom. The van der Waals surface area contributed by atoms with Crippen LogP contribution in [-0.2, 0) is 16.8 Å². The summed E-state index contributed by atoms with van der Waals surface area (Å²) < 4.78 is 0. The molecule has 0 unspecified atom stereocenters. The number of rotatable bonds is 0. The standard InChI is InChI=1S/4C4H4N2.Co/c4*1-2-6-4-3-5-1;/h4*1-4H;. The summed E-state index contributed by atoms with van der Waals surface area (Å²) in [5.41, 5.74) is 0. The summed E-state index contributed by atoms with van der Waals surface area (Å²) in [5.74, 6) is 0. The molecule has 9 heteroatoms. The molecular weight excluding hydrogens is 363 g/mol. The summed E-state index contributed by atoms with van der Waals surface area (Å²) >= 11 is 0. The Morgan fingerprint density at radius 1 is 0.200 bits per heavy atom. The van der Waals surface area contributed by atoms with Gasteiger partial charge in [-0.1, -0.05) is 0 Å². The summed E-state index contributed by atoms with van der Waals surface area (Å²) in [4.78, 5) is 29.8. The van der Waals surface area contributed by atoms with Gasteiger partial charge in [-0.2, -0.15) is 0 Å². The van der Waals surface area contributed by atoms with E-state index in [1.165, 1.54) is 0 Å². The molecule has 4 aromatic heterocycles. The van der Waals surface area contributed by atoms with Crippen LogP contribution in [0.4, 0.5) is 0 Å². The largest absolute Gasteiger partial charge is 0.262 e. The molecule has 129 valence electrons. The van der Waals surface area contributed by atoms with Gasteiger partial charge in [-0.15, -0.1) is 0 Å². The normalized spacial score (nSPS) is 7.68. The molecule has 0 saturated carbocycles. The molecule has 8 nitrogen and oxygen atoms in total. The molecule has 4 rings (SSSR count). The van der Waals surface area contributed by atoms with Crippen LogP contribution in [0.25, 0.3) is 0 Å². The number of aromatic nitrogens is 8.